The van der Waals surface area contributed by atoms with E-state index in [0.29, 0.717) is 12.3 Å². The van der Waals surface area contributed by atoms with Crippen molar-refractivity contribution in [1.82, 2.24) is 10.2 Å². The Morgan fingerprint density at radius 1 is 1.39 bits per heavy atom. The molecule has 0 aliphatic carbocycles. The van der Waals surface area contributed by atoms with Gasteiger partial charge in [0.25, 0.3) is 0 Å². The Labute approximate surface area is 109 Å². The second-order valence-corrected chi connectivity index (χ2v) is 5.03. The van der Waals surface area contributed by atoms with E-state index in [9.17, 15) is 4.79 Å². The molecule has 1 atom stereocenters. The molecule has 0 bridgehead atoms. The van der Waals surface area contributed by atoms with Gasteiger partial charge in [-0.05, 0) is 24.4 Å². The summed E-state index contributed by atoms with van der Waals surface area (Å²) in [5.74, 6) is 0.778. The van der Waals surface area contributed by atoms with Crippen molar-refractivity contribution in [3.8, 4) is 0 Å². The van der Waals surface area contributed by atoms with E-state index in [1.54, 1.807) is 0 Å². The Hall–Kier alpha value is -1.35. The molecule has 1 aromatic carbocycles. The first-order valence-electron chi connectivity index (χ1n) is 6.81. The number of nitrogens with zero attached hydrogens (tertiary/aromatic N) is 1. The Morgan fingerprint density at radius 2 is 2.17 bits per heavy atom. The van der Waals surface area contributed by atoms with Gasteiger partial charge in [0.05, 0.1) is 0 Å². The molecule has 1 aliphatic heterocycles. The minimum absolute atomic E-state index is 0.163. The van der Waals surface area contributed by atoms with Crippen molar-refractivity contribution in [3.63, 3.8) is 0 Å². The van der Waals surface area contributed by atoms with Gasteiger partial charge in [-0.2, -0.15) is 0 Å². The lowest BCUT2D eigenvalue weighted by atomic mass is 10.1. The summed E-state index contributed by atoms with van der Waals surface area (Å²) in [5.41, 5.74) is 1.37. The van der Waals surface area contributed by atoms with Crippen LogP contribution in [0.4, 0.5) is 0 Å². The highest BCUT2D eigenvalue weighted by Crippen LogP contribution is 2.17. The van der Waals surface area contributed by atoms with Crippen molar-refractivity contribution in [2.45, 2.75) is 26.3 Å². The molecular formula is C15H22N2O. The van der Waals surface area contributed by atoms with Crippen LogP contribution in [0, 0.1) is 5.92 Å². The van der Waals surface area contributed by atoms with Crippen molar-refractivity contribution < 1.29 is 4.79 Å². The third-order valence-electron chi connectivity index (χ3n) is 3.53. The van der Waals surface area contributed by atoms with Gasteiger partial charge in [-0.15, -0.1) is 0 Å². The largest absolute Gasteiger partial charge is 0.356 e. The Bertz CT molecular complexity index is 377. The van der Waals surface area contributed by atoms with E-state index >= 15 is 0 Å². The lowest BCUT2D eigenvalue weighted by Crippen LogP contribution is -2.30. The predicted octanol–water partition coefficient (Wildman–Crippen LogP) is 2.03. The summed E-state index contributed by atoms with van der Waals surface area (Å²) in [7, 11) is 0. The number of benzene rings is 1. The van der Waals surface area contributed by atoms with Gasteiger partial charge in [-0.3, -0.25) is 9.69 Å². The number of rotatable bonds is 5. The molecule has 0 aromatic heterocycles. The zero-order valence-electron chi connectivity index (χ0n) is 11.1. The van der Waals surface area contributed by atoms with Crippen LogP contribution in [0.5, 0.6) is 0 Å². The summed E-state index contributed by atoms with van der Waals surface area (Å²) in [6.45, 7) is 5.99. The van der Waals surface area contributed by atoms with E-state index in [-0.39, 0.29) is 5.91 Å². The third kappa shape index (κ3) is 3.84. The molecule has 1 amide bonds. The zero-order chi connectivity index (χ0) is 12.8. The molecule has 18 heavy (non-hydrogen) atoms. The summed E-state index contributed by atoms with van der Waals surface area (Å²) in [4.78, 5) is 13.7. The fourth-order valence-corrected chi connectivity index (χ4v) is 2.45. The molecule has 1 N–H and O–H groups in total. The number of nitrogens with one attached hydrogen (secondary N) is 1. The molecule has 1 fully saturated rings. The Kier molecular flexibility index (Phi) is 4.76. The molecule has 1 heterocycles. The van der Waals surface area contributed by atoms with Gasteiger partial charge in [-0.25, -0.2) is 0 Å². The van der Waals surface area contributed by atoms with Crippen LogP contribution in [0.2, 0.25) is 0 Å². The van der Waals surface area contributed by atoms with Crippen molar-refractivity contribution in [3.05, 3.63) is 35.9 Å². The van der Waals surface area contributed by atoms with E-state index in [0.717, 1.165) is 26.2 Å². The first-order valence-corrected chi connectivity index (χ1v) is 6.81. The van der Waals surface area contributed by atoms with Gasteiger partial charge in [-0.1, -0.05) is 37.3 Å². The molecular weight excluding hydrogens is 224 g/mol. The second-order valence-electron chi connectivity index (χ2n) is 5.03. The third-order valence-corrected chi connectivity index (χ3v) is 3.53. The van der Waals surface area contributed by atoms with E-state index < -0.39 is 0 Å². The van der Waals surface area contributed by atoms with Crippen molar-refractivity contribution >= 4 is 5.91 Å². The topological polar surface area (TPSA) is 32.3 Å². The smallest absolute Gasteiger partial charge is 0.219 e. The van der Waals surface area contributed by atoms with Crippen LogP contribution >= 0.6 is 0 Å². The summed E-state index contributed by atoms with van der Waals surface area (Å²) in [6.07, 6.45) is 1.78. The molecule has 1 aliphatic rings. The number of likely N-dealkylation sites (tertiary alicyclic amines) is 1. The van der Waals surface area contributed by atoms with Crippen molar-refractivity contribution in [1.29, 1.82) is 0 Å². The zero-order valence-corrected chi connectivity index (χ0v) is 11.1. The van der Waals surface area contributed by atoms with Crippen LogP contribution < -0.4 is 5.32 Å². The van der Waals surface area contributed by atoms with E-state index in [1.807, 2.05) is 6.92 Å². The minimum Gasteiger partial charge on any atom is -0.356 e. The molecule has 0 spiro atoms. The maximum absolute atomic E-state index is 11.2. The lowest BCUT2D eigenvalue weighted by molar-refractivity contribution is -0.120. The van der Waals surface area contributed by atoms with Crippen LogP contribution in [0.1, 0.15) is 25.3 Å². The van der Waals surface area contributed by atoms with Crippen LogP contribution in [0.3, 0.4) is 0 Å². The monoisotopic (exact) mass is 246 g/mol. The fraction of sp³-hybridized carbons (Fsp3) is 0.533. The molecule has 1 saturated heterocycles. The second kappa shape index (κ2) is 6.55. The van der Waals surface area contributed by atoms with Crippen LogP contribution in [0.25, 0.3) is 0 Å². The van der Waals surface area contributed by atoms with Crippen molar-refractivity contribution in [2.24, 2.45) is 5.92 Å². The molecule has 0 saturated carbocycles. The Balaban J connectivity index is 1.73. The van der Waals surface area contributed by atoms with E-state index in [2.05, 4.69) is 40.5 Å². The molecule has 98 valence electrons. The van der Waals surface area contributed by atoms with Gasteiger partial charge in [0.2, 0.25) is 5.91 Å². The molecule has 1 unspecified atom stereocenters. The highest BCUT2D eigenvalue weighted by Gasteiger charge is 2.22. The molecule has 3 heteroatoms. The summed E-state index contributed by atoms with van der Waals surface area (Å²) in [5, 5.41) is 2.99. The first-order chi connectivity index (χ1) is 8.78. The van der Waals surface area contributed by atoms with Crippen LogP contribution in [0.15, 0.2) is 30.3 Å². The standard InChI is InChI=1S/C15H22N2O/c1-2-15(18)16-10-14-8-9-17(12-14)11-13-6-4-3-5-7-13/h3-7,14H,2,8-12H2,1H3,(H,16,18). The number of hydrogen-bond donors (Lipinski definition) is 1. The quantitative estimate of drug-likeness (QED) is 0.862. The molecule has 0 radical (unpaired) electrons. The maximum atomic E-state index is 11.2. The van der Waals surface area contributed by atoms with E-state index in [1.165, 1.54) is 12.0 Å². The fourth-order valence-electron chi connectivity index (χ4n) is 2.45. The Morgan fingerprint density at radius 3 is 2.89 bits per heavy atom. The maximum Gasteiger partial charge on any atom is 0.219 e. The normalized spacial score (nSPS) is 19.9. The SMILES string of the molecule is CCC(=O)NCC1CCN(Cc2ccccc2)C1. The number of carbonyl (C=O) groups is 1. The van der Waals surface area contributed by atoms with Gasteiger partial charge in [0.15, 0.2) is 0 Å². The number of carbonyl (C=O) groups excluding carboxylic acids is 1. The average Bonchev–Trinajstić information content (AvgIpc) is 2.85. The number of hydrogen-bond acceptors (Lipinski definition) is 2. The predicted molar refractivity (Wildman–Crippen MR) is 73.1 cm³/mol. The summed E-state index contributed by atoms with van der Waals surface area (Å²) >= 11 is 0. The summed E-state index contributed by atoms with van der Waals surface area (Å²) in [6, 6.07) is 10.6. The molecule has 1 aromatic rings. The number of amides is 1. The highest BCUT2D eigenvalue weighted by molar-refractivity contribution is 5.75. The van der Waals surface area contributed by atoms with Crippen LogP contribution in [-0.4, -0.2) is 30.4 Å². The van der Waals surface area contributed by atoms with Crippen LogP contribution in [-0.2, 0) is 11.3 Å². The first kappa shape index (κ1) is 13.1. The van der Waals surface area contributed by atoms with Gasteiger partial charge >= 0.3 is 0 Å². The van der Waals surface area contributed by atoms with Gasteiger partial charge in [0.1, 0.15) is 0 Å². The molecule has 2 rings (SSSR count). The van der Waals surface area contributed by atoms with E-state index in [4.69, 9.17) is 0 Å². The minimum atomic E-state index is 0.163. The van der Waals surface area contributed by atoms with Gasteiger partial charge < -0.3 is 5.32 Å². The summed E-state index contributed by atoms with van der Waals surface area (Å²) < 4.78 is 0. The average molecular weight is 246 g/mol. The molecule has 3 nitrogen and oxygen atoms in total. The lowest BCUT2D eigenvalue weighted by Gasteiger charge is -2.16. The van der Waals surface area contributed by atoms with Gasteiger partial charge in [0, 0.05) is 26.1 Å². The highest BCUT2D eigenvalue weighted by atomic mass is 16.1. The van der Waals surface area contributed by atoms with Crippen molar-refractivity contribution in [2.75, 3.05) is 19.6 Å².